The number of aromatic amines is 1. The van der Waals surface area contributed by atoms with E-state index in [1.54, 1.807) is 0 Å². The minimum absolute atomic E-state index is 0.0976. The highest BCUT2D eigenvalue weighted by Crippen LogP contribution is 2.29. The predicted molar refractivity (Wildman–Crippen MR) is 118 cm³/mol. The van der Waals surface area contributed by atoms with Gasteiger partial charge in [0.25, 0.3) is 5.56 Å². The van der Waals surface area contributed by atoms with E-state index in [9.17, 15) is 14.4 Å². The van der Waals surface area contributed by atoms with Gasteiger partial charge in [-0.25, -0.2) is 0 Å². The van der Waals surface area contributed by atoms with Crippen LogP contribution in [0.25, 0.3) is 0 Å². The molecule has 1 aliphatic rings. The molecule has 0 bridgehead atoms. The van der Waals surface area contributed by atoms with Crippen LogP contribution in [0.5, 0.6) is 0 Å². The molecule has 31 heavy (non-hydrogen) atoms. The summed E-state index contributed by atoms with van der Waals surface area (Å²) in [5, 5.41) is 8.46. The molecule has 0 aliphatic carbocycles. The fourth-order valence-electron chi connectivity index (χ4n) is 3.53. The zero-order valence-corrected chi connectivity index (χ0v) is 17.1. The van der Waals surface area contributed by atoms with Gasteiger partial charge >= 0.3 is 0 Å². The third kappa shape index (κ3) is 4.80. The van der Waals surface area contributed by atoms with Crippen LogP contribution >= 0.6 is 0 Å². The Morgan fingerprint density at radius 1 is 1.10 bits per heavy atom. The van der Waals surface area contributed by atoms with Gasteiger partial charge < -0.3 is 16.0 Å². The van der Waals surface area contributed by atoms with Crippen molar-refractivity contribution in [3.63, 3.8) is 0 Å². The molecule has 1 aliphatic heterocycles. The van der Waals surface area contributed by atoms with Crippen LogP contribution in [0, 0.1) is 6.92 Å². The number of benzene rings is 2. The standard InChI is InChI=1S/C23H23N5O3/c1-14-7-9-16(10-8-14)25-23-27-20-19(22(31)28-23)17(13-18(29)26-20)21(30)24-12-11-15-5-3-2-4-6-15/h2-10,17H,11-13H2,1H3,(H,24,30)(H3,25,26,27,28,29,31)/t17-/m1/s1. The van der Waals surface area contributed by atoms with Gasteiger partial charge in [0, 0.05) is 18.7 Å². The number of fused-ring (bicyclic) bond motifs is 1. The Bertz CT molecular complexity index is 1160. The van der Waals surface area contributed by atoms with Gasteiger partial charge in [0.15, 0.2) is 0 Å². The number of hydrogen-bond donors (Lipinski definition) is 4. The highest BCUT2D eigenvalue weighted by Gasteiger charge is 2.34. The van der Waals surface area contributed by atoms with Gasteiger partial charge in [0.1, 0.15) is 5.82 Å². The van der Waals surface area contributed by atoms with Crippen molar-refractivity contribution in [3.05, 3.63) is 81.6 Å². The summed E-state index contributed by atoms with van der Waals surface area (Å²) < 4.78 is 0. The molecule has 3 aromatic rings. The van der Waals surface area contributed by atoms with Crippen molar-refractivity contribution >= 4 is 29.3 Å². The molecule has 2 amide bonds. The number of amides is 2. The highest BCUT2D eigenvalue weighted by atomic mass is 16.2. The summed E-state index contributed by atoms with van der Waals surface area (Å²) in [4.78, 5) is 44.7. The number of hydrogen-bond acceptors (Lipinski definition) is 5. The molecule has 0 saturated carbocycles. The number of rotatable bonds is 6. The maximum Gasteiger partial charge on any atom is 0.258 e. The molecule has 1 aromatic heterocycles. The second-order valence-electron chi connectivity index (χ2n) is 7.50. The fraction of sp³-hybridized carbons (Fsp3) is 0.217. The van der Waals surface area contributed by atoms with Crippen LogP contribution in [0.3, 0.4) is 0 Å². The van der Waals surface area contributed by atoms with Crippen LogP contribution in [0.1, 0.15) is 29.0 Å². The normalized spacial score (nSPS) is 15.0. The molecule has 0 saturated heterocycles. The first-order valence-electron chi connectivity index (χ1n) is 10.1. The molecule has 1 atom stereocenters. The number of carbonyl (C=O) groups excluding carboxylic acids is 2. The van der Waals surface area contributed by atoms with Crippen molar-refractivity contribution in [1.82, 2.24) is 15.3 Å². The number of nitrogens with one attached hydrogen (secondary N) is 4. The summed E-state index contributed by atoms with van der Waals surface area (Å²) in [6.07, 6.45) is 0.562. The van der Waals surface area contributed by atoms with Crippen LogP contribution in [-0.2, 0) is 16.0 Å². The van der Waals surface area contributed by atoms with E-state index in [4.69, 9.17) is 0 Å². The molecule has 2 aromatic carbocycles. The molecule has 158 valence electrons. The average Bonchev–Trinajstić information content (AvgIpc) is 2.75. The molecule has 0 fully saturated rings. The highest BCUT2D eigenvalue weighted by molar-refractivity contribution is 6.00. The first-order valence-corrected chi connectivity index (χ1v) is 10.1. The Labute approximate surface area is 179 Å². The molecule has 8 nitrogen and oxygen atoms in total. The number of nitrogens with zero attached hydrogens (tertiary/aromatic N) is 1. The van der Waals surface area contributed by atoms with Crippen molar-refractivity contribution in [1.29, 1.82) is 0 Å². The number of aromatic nitrogens is 2. The minimum atomic E-state index is -0.885. The lowest BCUT2D eigenvalue weighted by molar-refractivity contribution is -0.126. The van der Waals surface area contributed by atoms with E-state index in [-0.39, 0.29) is 35.6 Å². The first kappa shape index (κ1) is 20.3. The van der Waals surface area contributed by atoms with Gasteiger partial charge in [-0.05, 0) is 31.0 Å². The zero-order valence-electron chi connectivity index (χ0n) is 17.1. The van der Waals surface area contributed by atoms with Gasteiger partial charge in [-0.3, -0.25) is 19.4 Å². The van der Waals surface area contributed by atoms with Crippen LogP contribution in [0.2, 0.25) is 0 Å². The third-order valence-electron chi connectivity index (χ3n) is 5.14. The van der Waals surface area contributed by atoms with E-state index in [1.807, 2.05) is 61.5 Å². The largest absolute Gasteiger partial charge is 0.355 e. The van der Waals surface area contributed by atoms with E-state index >= 15 is 0 Å². The molecule has 0 spiro atoms. The first-order chi connectivity index (χ1) is 15.0. The maximum absolute atomic E-state index is 12.8. The quantitative estimate of drug-likeness (QED) is 0.492. The second-order valence-corrected chi connectivity index (χ2v) is 7.50. The maximum atomic E-state index is 12.8. The molecule has 4 N–H and O–H groups in total. The Morgan fingerprint density at radius 3 is 2.58 bits per heavy atom. The minimum Gasteiger partial charge on any atom is -0.355 e. The Kier molecular flexibility index (Phi) is 5.79. The Balaban J connectivity index is 1.51. The Hall–Kier alpha value is -3.94. The van der Waals surface area contributed by atoms with Gasteiger partial charge in [-0.15, -0.1) is 0 Å². The summed E-state index contributed by atoms with van der Waals surface area (Å²) in [6.45, 7) is 2.39. The lowest BCUT2D eigenvalue weighted by Gasteiger charge is -2.23. The zero-order chi connectivity index (χ0) is 21.8. The molecule has 2 heterocycles. The molecule has 4 rings (SSSR count). The van der Waals surface area contributed by atoms with Crippen LogP contribution in [0.4, 0.5) is 17.5 Å². The molecular weight excluding hydrogens is 394 g/mol. The topological polar surface area (TPSA) is 116 Å². The van der Waals surface area contributed by atoms with Crippen molar-refractivity contribution in [2.75, 3.05) is 17.2 Å². The smallest absolute Gasteiger partial charge is 0.258 e. The average molecular weight is 417 g/mol. The fourth-order valence-corrected chi connectivity index (χ4v) is 3.53. The number of aryl methyl sites for hydroxylation is 1. The van der Waals surface area contributed by atoms with E-state index in [0.29, 0.717) is 13.0 Å². The number of carbonyl (C=O) groups is 2. The number of H-pyrrole nitrogens is 1. The lowest BCUT2D eigenvalue weighted by atomic mass is 9.92. The van der Waals surface area contributed by atoms with E-state index < -0.39 is 11.5 Å². The molecule has 0 unspecified atom stereocenters. The number of anilines is 3. The third-order valence-corrected chi connectivity index (χ3v) is 5.14. The van der Waals surface area contributed by atoms with E-state index in [1.165, 1.54) is 0 Å². The summed E-state index contributed by atoms with van der Waals surface area (Å²) in [5.74, 6) is -1.30. The van der Waals surface area contributed by atoms with Gasteiger partial charge in [0.05, 0.1) is 11.5 Å². The van der Waals surface area contributed by atoms with Crippen molar-refractivity contribution in [3.8, 4) is 0 Å². The summed E-state index contributed by atoms with van der Waals surface area (Å²) in [6, 6.07) is 17.3. The Morgan fingerprint density at radius 2 is 1.84 bits per heavy atom. The SMILES string of the molecule is Cc1ccc(Nc2nc3c(c(=O)[nH]2)[C@H](C(=O)NCCc2ccccc2)CC(=O)N3)cc1. The van der Waals surface area contributed by atoms with E-state index in [0.717, 1.165) is 16.8 Å². The monoisotopic (exact) mass is 417 g/mol. The van der Waals surface area contributed by atoms with Gasteiger partial charge in [-0.2, -0.15) is 4.98 Å². The van der Waals surface area contributed by atoms with Crippen LogP contribution in [0.15, 0.2) is 59.4 Å². The van der Waals surface area contributed by atoms with E-state index in [2.05, 4.69) is 25.9 Å². The summed E-state index contributed by atoms with van der Waals surface area (Å²) >= 11 is 0. The van der Waals surface area contributed by atoms with Crippen LogP contribution < -0.4 is 21.5 Å². The van der Waals surface area contributed by atoms with Crippen molar-refractivity contribution in [2.45, 2.75) is 25.7 Å². The second kappa shape index (κ2) is 8.83. The predicted octanol–water partition coefficient (Wildman–Crippen LogP) is 2.61. The molecular formula is C23H23N5O3. The van der Waals surface area contributed by atoms with Crippen molar-refractivity contribution in [2.24, 2.45) is 0 Å². The van der Waals surface area contributed by atoms with Crippen molar-refractivity contribution < 1.29 is 9.59 Å². The van der Waals surface area contributed by atoms with Gasteiger partial charge in [0.2, 0.25) is 17.8 Å². The summed E-state index contributed by atoms with van der Waals surface area (Å²) in [7, 11) is 0. The molecule has 8 heteroatoms. The van der Waals surface area contributed by atoms with Gasteiger partial charge in [-0.1, -0.05) is 48.0 Å². The molecule has 0 radical (unpaired) electrons. The van der Waals surface area contributed by atoms with Crippen LogP contribution in [-0.4, -0.2) is 28.3 Å². The lowest BCUT2D eigenvalue weighted by Crippen LogP contribution is -2.39. The summed E-state index contributed by atoms with van der Waals surface area (Å²) in [5.41, 5.74) is 2.65.